The molecule has 2 aromatic rings. The summed E-state index contributed by atoms with van der Waals surface area (Å²) in [5.41, 5.74) is 2.11. The first-order valence-corrected chi connectivity index (χ1v) is 12.7. The summed E-state index contributed by atoms with van der Waals surface area (Å²) in [6, 6.07) is 12.5. The summed E-state index contributed by atoms with van der Waals surface area (Å²) in [5, 5.41) is 13.3. The molecule has 7 nitrogen and oxygen atoms in total. The highest BCUT2D eigenvalue weighted by molar-refractivity contribution is 5.85. The molecule has 3 heterocycles. The molecule has 2 amide bonds. The molecule has 35 heavy (non-hydrogen) atoms. The van der Waals surface area contributed by atoms with Gasteiger partial charge in [-0.2, -0.15) is 0 Å². The third-order valence-electron chi connectivity index (χ3n) is 7.94. The van der Waals surface area contributed by atoms with Crippen molar-refractivity contribution in [1.29, 1.82) is 0 Å². The number of fused-ring (bicyclic) bond motifs is 4. The van der Waals surface area contributed by atoms with Crippen LogP contribution in [-0.4, -0.2) is 45.6 Å². The topological polar surface area (TPSA) is 91.6 Å². The van der Waals surface area contributed by atoms with Crippen LogP contribution in [-0.2, 0) is 16.1 Å². The molecular weight excluding hydrogens is 442 g/mol. The molecule has 3 aliphatic rings. The minimum atomic E-state index is -0.589. The number of aliphatic hydroxyl groups is 1. The van der Waals surface area contributed by atoms with E-state index < -0.39 is 17.9 Å². The van der Waals surface area contributed by atoms with Gasteiger partial charge in [-0.1, -0.05) is 49.2 Å². The molecule has 2 bridgehead atoms. The first-order chi connectivity index (χ1) is 17.0. The van der Waals surface area contributed by atoms with Gasteiger partial charge in [-0.15, -0.1) is 0 Å². The summed E-state index contributed by atoms with van der Waals surface area (Å²) in [6.07, 6.45) is 7.52. The number of benzene rings is 1. The van der Waals surface area contributed by atoms with E-state index in [4.69, 9.17) is 0 Å². The predicted octanol–water partition coefficient (Wildman–Crippen LogP) is 2.84. The van der Waals surface area contributed by atoms with Gasteiger partial charge in [0, 0.05) is 42.8 Å². The Kier molecular flexibility index (Phi) is 6.60. The zero-order valence-corrected chi connectivity index (χ0v) is 20.1. The van der Waals surface area contributed by atoms with E-state index in [0.29, 0.717) is 17.8 Å². The van der Waals surface area contributed by atoms with Crippen LogP contribution in [0.3, 0.4) is 0 Å². The van der Waals surface area contributed by atoms with Crippen LogP contribution in [0.5, 0.6) is 0 Å². The molecule has 5 rings (SSSR count). The van der Waals surface area contributed by atoms with Crippen molar-refractivity contribution >= 4 is 24.0 Å². The molecule has 184 valence electrons. The second-order valence-corrected chi connectivity index (χ2v) is 9.88. The predicted molar refractivity (Wildman–Crippen MR) is 134 cm³/mol. The molecule has 1 aliphatic carbocycles. The number of rotatable bonds is 6. The number of aliphatic hydroxyl groups excluding tert-OH is 1. The molecule has 0 unspecified atom stereocenters. The number of nitrogens with one attached hydrogen (secondary N) is 1. The van der Waals surface area contributed by atoms with Gasteiger partial charge in [0.25, 0.3) is 5.56 Å². The number of aromatic nitrogens is 1. The second kappa shape index (κ2) is 9.82. The Bertz CT molecular complexity index is 1180. The van der Waals surface area contributed by atoms with Crippen LogP contribution in [0.1, 0.15) is 55.5 Å². The Balaban J connectivity index is 1.57. The number of pyridine rings is 1. The van der Waals surface area contributed by atoms with Crippen LogP contribution < -0.4 is 10.9 Å². The minimum absolute atomic E-state index is 0.0429. The zero-order valence-electron chi connectivity index (χ0n) is 20.1. The zero-order chi connectivity index (χ0) is 24.5. The van der Waals surface area contributed by atoms with Crippen molar-refractivity contribution in [2.24, 2.45) is 17.8 Å². The van der Waals surface area contributed by atoms with E-state index in [9.17, 15) is 19.5 Å². The van der Waals surface area contributed by atoms with E-state index in [1.165, 1.54) is 0 Å². The summed E-state index contributed by atoms with van der Waals surface area (Å²) >= 11 is 0. The van der Waals surface area contributed by atoms with Gasteiger partial charge in [0.2, 0.25) is 11.8 Å². The fraction of sp³-hybridized carbons (Fsp3) is 0.464. The molecule has 2 aliphatic heterocycles. The molecular formula is C28H33N3O4. The summed E-state index contributed by atoms with van der Waals surface area (Å²) in [6.45, 7) is 2.41. The second-order valence-electron chi connectivity index (χ2n) is 9.88. The van der Waals surface area contributed by atoms with Crippen LogP contribution in [0.25, 0.3) is 12.2 Å². The molecule has 2 N–H and O–H groups in total. The van der Waals surface area contributed by atoms with Crippen molar-refractivity contribution in [3.05, 3.63) is 69.6 Å². The van der Waals surface area contributed by atoms with Gasteiger partial charge >= 0.3 is 0 Å². The SMILES string of the molecule is CCNC(=O)[C@H]1[C@H](CO)[C@H]2Cn3c(ccc(/C=C/c4ccccc4)c3=O)[C@@H]1N2C(=O)C1CCCC1. The standard InChI is InChI=1S/C28H33N3O4/c1-2-29-26(33)24-21(17-32)23-16-30-22(25(24)31(23)28(35)19-10-6-7-11-19)15-14-20(27(30)34)13-12-18-8-4-3-5-9-18/h3-5,8-9,12-15,19,21,23-25,32H,2,6-7,10-11,16-17H2,1H3,(H,29,33)/b13-12+/t21-,23-,24+,25+/m1/s1. The summed E-state index contributed by atoms with van der Waals surface area (Å²) in [5.74, 6) is -1.15. The van der Waals surface area contributed by atoms with Crippen molar-refractivity contribution in [2.45, 2.75) is 51.2 Å². The van der Waals surface area contributed by atoms with Crippen LogP contribution in [0.4, 0.5) is 0 Å². The van der Waals surface area contributed by atoms with Gasteiger partial charge in [0.15, 0.2) is 0 Å². The quantitative estimate of drug-likeness (QED) is 0.672. The van der Waals surface area contributed by atoms with E-state index in [0.717, 1.165) is 31.2 Å². The first-order valence-electron chi connectivity index (χ1n) is 12.7. The van der Waals surface area contributed by atoms with Gasteiger partial charge in [-0.3, -0.25) is 14.4 Å². The molecule has 1 saturated heterocycles. The maximum atomic E-state index is 13.7. The van der Waals surface area contributed by atoms with Crippen molar-refractivity contribution < 1.29 is 14.7 Å². The van der Waals surface area contributed by atoms with E-state index in [1.807, 2.05) is 60.4 Å². The largest absolute Gasteiger partial charge is 0.396 e. The average Bonchev–Trinajstić information content (AvgIpc) is 3.49. The molecule has 1 aromatic carbocycles. The monoisotopic (exact) mass is 475 g/mol. The minimum Gasteiger partial charge on any atom is -0.396 e. The van der Waals surface area contributed by atoms with E-state index in [1.54, 1.807) is 10.6 Å². The number of carbonyl (C=O) groups excluding carboxylic acids is 2. The number of hydrogen-bond donors (Lipinski definition) is 2. The van der Waals surface area contributed by atoms with Crippen LogP contribution in [0.2, 0.25) is 0 Å². The van der Waals surface area contributed by atoms with Gasteiger partial charge in [-0.05, 0) is 43.5 Å². The third-order valence-corrected chi connectivity index (χ3v) is 7.94. The lowest BCUT2D eigenvalue weighted by molar-refractivity contribution is -0.141. The molecule has 0 radical (unpaired) electrons. The molecule has 1 aromatic heterocycles. The van der Waals surface area contributed by atoms with Gasteiger partial charge in [0.05, 0.1) is 18.0 Å². The molecule has 4 atom stereocenters. The van der Waals surface area contributed by atoms with Crippen LogP contribution in [0.15, 0.2) is 47.3 Å². The summed E-state index contributed by atoms with van der Waals surface area (Å²) in [4.78, 5) is 42.3. The Labute approximate surface area is 205 Å². The first kappa shape index (κ1) is 23.5. The van der Waals surface area contributed by atoms with Gasteiger partial charge in [0.1, 0.15) is 0 Å². The third kappa shape index (κ3) is 4.12. The fourth-order valence-electron chi connectivity index (χ4n) is 6.28. The van der Waals surface area contributed by atoms with E-state index in [-0.39, 0.29) is 42.5 Å². The Morgan fingerprint density at radius 3 is 2.51 bits per heavy atom. The van der Waals surface area contributed by atoms with E-state index in [2.05, 4.69) is 5.32 Å². The smallest absolute Gasteiger partial charge is 0.258 e. The lowest BCUT2D eigenvalue weighted by Crippen LogP contribution is -2.50. The highest BCUT2D eigenvalue weighted by atomic mass is 16.3. The fourth-order valence-corrected chi connectivity index (χ4v) is 6.28. The highest BCUT2D eigenvalue weighted by Gasteiger charge is 2.58. The lowest BCUT2D eigenvalue weighted by Gasteiger charge is -2.39. The van der Waals surface area contributed by atoms with Crippen molar-refractivity contribution in [2.75, 3.05) is 13.2 Å². The maximum Gasteiger partial charge on any atom is 0.258 e. The number of amides is 2. The lowest BCUT2D eigenvalue weighted by atomic mass is 9.86. The number of carbonyl (C=O) groups is 2. The van der Waals surface area contributed by atoms with Gasteiger partial charge in [-0.25, -0.2) is 0 Å². The summed E-state index contributed by atoms with van der Waals surface area (Å²) < 4.78 is 1.72. The molecule has 0 spiro atoms. The molecule has 2 fully saturated rings. The Morgan fingerprint density at radius 2 is 1.83 bits per heavy atom. The van der Waals surface area contributed by atoms with Crippen LogP contribution >= 0.6 is 0 Å². The van der Waals surface area contributed by atoms with Crippen molar-refractivity contribution in [3.63, 3.8) is 0 Å². The van der Waals surface area contributed by atoms with Crippen molar-refractivity contribution in [3.8, 4) is 0 Å². The highest BCUT2D eigenvalue weighted by Crippen LogP contribution is 2.49. The molecule has 7 heteroatoms. The van der Waals surface area contributed by atoms with Crippen molar-refractivity contribution in [1.82, 2.24) is 14.8 Å². The van der Waals surface area contributed by atoms with E-state index >= 15 is 0 Å². The normalized spacial score (nSPS) is 25.7. The summed E-state index contributed by atoms with van der Waals surface area (Å²) in [7, 11) is 0. The number of hydrogen-bond acceptors (Lipinski definition) is 4. The van der Waals surface area contributed by atoms with Crippen LogP contribution in [0, 0.1) is 17.8 Å². The maximum absolute atomic E-state index is 13.7. The Morgan fingerprint density at radius 1 is 1.09 bits per heavy atom. The van der Waals surface area contributed by atoms with Gasteiger partial charge < -0.3 is 19.9 Å². The molecule has 1 saturated carbocycles. The number of nitrogens with zero attached hydrogens (tertiary/aromatic N) is 2. The average molecular weight is 476 g/mol. The Hall–Kier alpha value is -3.19.